The Hall–Kier alpha value is -1.32. The summed E-state index contributed by atoms with van der Waals surface area (Å²) < 4.78 is 2.05. The van der Waals surface area contributed by atoms with E-state index < -0.39 is 5.97 Å². The van der Waals surface area contributed by atoms with Crippen LogP contribution in [0, 0.1) is 31.6 Å². The first-order chi connectivity index (χ1) is 9.04. The molecule has 1 N–H and O–H groups in total. The quantitative estimate of drug-likeness (QED) is 0.907. The average molecular weight is 262 g/mol. The molecular formula is C15H22N2O2. The number of aliphatic carboxylic acids is 1. The molecule has 2 aliphatic carbocycles. The summed E-state index contributed by atoms with van der Waals surface area (Å²) in [6.45, 7) is 4.90. The van der Waals surface area contributed by atoms with E-state index in [-0.39, 0.29) is 6.42 Å². The number of aromatic nitrogens is 2. The minimum Gasteiger partial charge on any atom is -0.481 e. The van der Waals surface area contributed by atoms with Crippen LogP contribution in [-0.2, 0) is 17.8 Å². The summed E-state index contributed by atoms with van der Waals surface area (Å²) in [7, 11) is 0. The maximum absolute atomic E-state index is 10.9. The molecule has 3 rings (SSSR count). The monoisotopic (exact) mass is 262 g/mol. The lowest BCUT2D eigenvalue weighted by atomic mass is 9.89. The fraction of sp³-hybridized carbons (Fsp3) is 0.733. The van der Waals surface area contributed by atoms with Gasteiger partial charge in [0.15, 0.2) is 0 Å². The van der Waals surface area contributed by atoms with Crippen molar-refractivity contribution >= 4 is 5.97 Å². The lowest BCUT2D eigenvalue weighted by molar-refractivity contribution is -0.136. The fourth-order valence-electron chi connectivity index (χ4n) is 4.14. The van der Waals surface area contributed by atoms with Crippen molar-refractivity contribution in [1.82, 2.24) is 9.78 Å². The van der Waals surface area contributed by atoms with Gasteiger partial charge in [-0.25, -0.2) is 0 Å². The number of aryl methyl sites for hydroxylation is 1. The second-order valence-electron chi connectivity index (χ2n) is 6.34. The normalized spacial score (nSPS) is 29.1. The smallest absolute Gasteiger partial charge is 0.307 e. The predicted octanol–water partition coefficient (Wildman–Crippen LogP) is 2.56. The first kappa shape index (κ1) is 12.7. The molecule has 19 heavy (non-hydrogen) atoms. The zero-order valence-corrected chi connectivity index (χ0v) is 11.7. The van der Waals surface area contributed by atoms with E-state index in [2.05, 4.69) is 9.78 Å². The molecule has 2 fully saturated rings. The molecule has 0 radical (unpaired) electrons. The molecule has 0 aliphatic heterocycles. The van der Waals surface area contributed by atoms with Gasteiger partial charge in [-0.1, -0.05) is 6.42 Å². The topological polar surface area (TPSA) is 55.1 Å². The Morgan fingerprint density at radius 2 is 2.16 bits per heavy atom. The maximum Gasteiger partial charge on any atom is 0.307 e. The van der Waals surface area contributed by atoms with Crippen LogP contribution in [-0.4, -0.2) is 20.9 Å². The van der Waals surface area contributed by atoms with E-state index in [4.69, 9.17) is 5.11 Å². The standard InChI is InChI=1S/C15H22N2O2/c1-9-14(7-15(18)19)10(2)17(16-9)8-13-6-11-3-4-12(13)5-11/h11-13H,3-8H2,1-2H3,(H,18,19). The average Bonchev–Trinajstić information content (AvgIpc) is 3.01. The van der Waals surface area contributed by atoms with Crippen molar-refractivity contribution in [2.45, 2.75) is 52.5 Å². The van der Waals surface area contributed by atoms with Crippen molar-refractivity contribution in [3.05, 3.63) is 17.0 Å². The highest BCUT2D eigenvalue weighted by atomic mass is 16.4. The number of carbonyl (C=O) groups is 1. The van der Waals surface area contributed by atoms with Crippen molar-refractivity contribution in [1.29, 1.82) is 0 Å². The molecule has 3 unspecified atom stereocenters. The molecule has 1 aromatic heterocycles. The molecule has 0 amide bonds. The lowest BCUT2D eigenvalue weighted by Crippen LogP contribution is -2.19. The number of nitrogens with zero attached hydrogens (tertiary/aromatic N) is 2. The zero-order valence-electron chi connectivity index (χ0n) is 11.7. The number of rotatable bonds is 4. The summed E-state index contributed by atoms with van der Waals surface area (Å²) in [5.74, 6) is 1.82. The molecule has 104 valence electrons. The van der Waals surface area contributed by atoms with Crippen LogP contribution < -0.4 is 0 Å². The number of carboxylic acids is 1. The Balaban J connectivity index is 1.76. The molecule has 1 aromatic rings. The van der Waals surface area contributed by atoms with Crippen molar-refractivity contribution < 1.29 is 9.90 Å². The van der Waals surface area contributed by atoms with E-state index in [1.807, 2.05) is 13.8 Å². The van der Waals surface area contributed by atoms with E-state index in [1.165, 1.54) is 25.7 Å². The summed E-state index contributed by atoms with van der Waals surface area (Å²) in [6.07, 6.45) is 5.65. The minimum absolute atomic E-state index is 0.0917. The Kier molecular flexibility index (Phi) is 3.11. The summed E-state index contributed by atoms with van der Waals surface area (Å²) in [5.41, 5.74) is 2.82. The van der Waals surface area contributed by atoms with Gasteiger partial charge >= 0.3 is 5.97 Å². The largest absolute Gasteiger partial charge is 0.481 e. The third kappa shape index (κ3) is 2.28. The van der Waals surface area contributed by atoms with Gasteiger partial charge in [0, 0.05) is 17.8 Å². The molecule has 0 spiro atoms. The fourth-order valence-corrected chi connectivity index (χ4v) is 4.14. The predicted molar refractivity (Wildman–Crippen MR) is 72.0 cm³/mol. The second kappa shape index (κ2) is 4.66. The highest BCUT2D eigenvalue weighted by Gasteiger charge is 2.39. The SMILES string of the molecule is Cc1nn(CC2CC3CCC2C3)c(C)c1CC(=O)O. The Morgan fingerprint density at radius 3 is 2.74 bits per heavy atom. The molecule has 1 heterocycles. The van der Waals surface area contributed by atoms with Crippen molar-refractivity contribution in [3.63, 3.8) is 0 Å². The van der Waals surface area contributed by atoms with Gasteiger partial charge in [-0.15, -0.1) is 0 Å². The first-order valence-corrected chi connectivity index (χ1v) is 7.29. The van der Waals surface area contributed by atoms with Gasteiger partial charge in [-0.2, -0.15) is 5.10 Å². The zero-order chi connectivity index (χ0) is 13.6. The Labute approximate surface area is 113 Å². The van der Waals surface area contributed by atoms with Gasteiger partial charge in [0.1, 0.15) is 0 Å². The van der Waals surface area contributed by atoms with Crippen LogP contribution in [0.15, 0.2) is 0 Å². The molecule has 4 nitrogen and oxygen atoms in total. The highest BCUT2D eigenvalue weighted by Crippen LogP contribution is 2.48. The van der Waals surface area contributed by atoms with E-state index in [1.54, 1.807) is 0 Å². The van der Waals surface area contributed by atoms with E-state index in [0.717, 1.165) is 41.2 Å². The van der Waals surface area contributed by atoms with Crippen LogP contribution in [0.3, 0.4) is 0 Å². The Bertz CT molecular complexity index is 506. The maximum atomic E-state index is 10.9. The van der Waals surface area contributed by atoms with Crippen LogP contribution in [0.2, 0.25) is 0 Å². The first-order valence-electron chi connectivity index (χ1n) is 7.29. The lowest BCUT2D eigenvalue weighted by Gasteiger charge is -2.22. The third-order valence-corrected chi connectivity index (χ3v) is 5.15. The second-order valence-corrected chi connectivity index (χ2v) is 6.34. The van der Waals surface area contributed by atoms with Crippen molar-refractivity contribution in [2.24, 2.45) is 17.8 Å². The van der Waals surface area contributed by atoms with Crippen LogP contribution >= 0.6 is 0 Å². The number of hydrogen-bond acceptors (Lipinski definition) is 2. The molecule has 2 aliphatic rings. The van der Waals surface area contributed by atoms with E-state index in [0.29, 0.717) is 0 Å². The van der Waals surface area contributed by atoms with Gasteiger partial charge < -0.3 is 5.11 Å². The molecule has 2 saturated carbocycles. The van der Waals surface area contributed by atoms with Crippen LogP contribution in [0.5, 0.6) is 0 Å². The third-order valence-electron chi connectivity index (χ3n) is 5.15. The van der Waals surface area contributed by atoms with Gasteiger partial charge in [0.25, 0.3) is 0 Å². The summed E-state index contributed by atoms with van der Waals surface area (Å²) in [4.78, 5) is 10.9. The number of hydrogen-bond donors (Lipinski definition) is 1. The number of carboxylic acid groups (broad SMARTS) is 1. The highest BCUT2D eigenvalue weighted by molar-refractivity contribution is 5.70. The van der Waals surface area contributed by atoms with Crippen LogP contribution in [0.25, 0.3) is 0 Å². The summed E-state index contributed by atoms with van der Waals surface area (Å²) >= 11 is 0. The minimum atomic E-state index is -0.773. The van der Waals surface area contributed by atoms with Crippen LogP contribution in [0.1, 0.15) is 42.6 Å². The molecule has 0 saturated heterocycles. The molecule has 4 heteroatoms. The summed E-state index contributed by atoms with van der Waals surface area (Å²) in [5, 5.41) is 13.5. The summed E-state index contributed by atoms with van der Waals surface area (Å²) in [6, 6.07) is 0. The van der Waals surface area contributed by atoms with E-state index in [9.17, 15) is 4.79 Å². The van der Waals surface area contributed by atoms with Crippen LogP contribution in [0.4, 0.5) is 0 Å². The van der Waals surface area contributed by atoms with E-state index >= 15 is 0 Å². The van der Waals surface area contributed by atoms with Gasteiger partial charge in [0.2, 0.25) is 0 Å². The van der Waals surface area contributed by atoms with Crippen molar-refractivity contribution in [2.75, 3.05) is 0 Å². The van der Waals surface area contributed by atoms with Gasteiger partial charge in [0.05, 0.1) is 12.1 Å². The van der Waals surface area contributed by atoms with Crippen molar-refractivity contribution in [3.8, 4) is 0 Å². The number of fused-ring (bicyclic) bond motifs is 2. The van der Waals surface area contributed by atoms with Gasteiger partial charge in [-0.05, 0) is 50.9 Å². The van der Waals surface area contributed by atoms with Gasteiger partial charge in [-0.3, -0.25) is 9.48 Å². The molecule has 2 bridgehead atoms. The Morgan fingerprint density at radius 1 is 1.37 bits per heavy atom. The molecule has 0 aromatic carbocycles. The molecule has 3 atom stereocenters. The molecular weight excluding hydrogens is 240 g/mol.